The lowest BCUT2D eigenvalue weighted by Crippen LogP contribution is -2.45. The van der Waals surface area contributed by atoms with Crippen LogP contribution in [0.15, 0.2) is 48.6 Å². The first-order valence-electron chi connectivity index (χ1n) is 16.4. The Labute approximate surface area is 246 Å². The van der Waals surface area contributed by atoms with Crippen LogP contribution in [0.2, 0.25) is 0 Å². The molecule has 0 saturated carbocycles. The van der Waals surface area contributed by atoms with E-state index in [-0.39, 0.29) is 13.0 Å². The molecule has 5 heteroatoms. The molecule has 0 aliphatic carbocycles. The van der Waals surface area contributed by atoms with E-state index in [1.807, 2.05) is 12.2 Å². The minimum atomic E-state index is -0.972. The van der Waals surface area contributed by atoms with Gasteiger partial charge in [-0.25, -0.2) is 0 Å². The molecule has 0 aromatic carbocycles. The lowest BCUT2D eigenvalue weighted by atomic mass is 10.1. The fourth-order valence-electron chi connectivity index (χ4n) is 4.53. The summed E-state index contributed by atoms with van der Waals surface area (Å²) in [5.41, 5.74) is 0. The van der Waals surface area contributed by atoms with Crippen LogP contribution in [-0.2, 0) is 4.79 Å². The van der Waals surface area contributed by atoms with Crippen LogP contribution in [-0.4, -0.2) is 46.1 Å². The summed E-state index contributed by atoms with van der Waals surface area (Å²) < 4.78 is 0. The van der Waals surface area contributed by atoms with Gasteiger partial charge in [0, 0.05) is 0 Å². The molecule has 0 aromatic heterocycles. The number of hydrogen-bond donors (Lipinski definition) is 4. The van der Waals surface area contributed by atoms with Gasteiger partial charge in [0.15, 0.2) is 0 Å². The second-order valence-electron chi connectivity index (χ2n) is 11.1. The maximum Gasteiger partial charge on any atom is 0.223 e. The van der Waals surface area contributed by atoms with E-state index in [0.717, 1.165) is 32.1 Å². The van der Waals surface area contributed by atoms with Gasteiger partial charge in [0.05, 0.1) is 31.3 Å². The van der Waals surface area contributed by atoms with Gasteiger partial charge in [-0.2, -0.15) is 0 Å². The molecule has 0 rings (SSSR count). The molecule has 0 spiro atoms. The van der Waals surface area contributed by atoms with Crippen molar-refractivity contribution < 1.29 is 20.1 Å². The Morgan fingerprint density at radius 3 is 1.70 bits per heavy atom. The van der Waals surface area contributed by atoms with Crippen molar-refractivity contribution in [1.29, 1.82) is 0 Å². The third-order valence-corrected chi connectivity index (χ3v) is 7.10. The zero-order valence-corrected chi connectivity index (χ0v) is 25.9. The van der Waals surface area contributed by atoms with Crippen molar-refractivity contribution in [1.82, 2.24) is 5.32 Å². The second-order valence-corrected chi connectivity index (χ2v) is 11.1. The van der Waals surface area contributed by atoms with Gasteiger partial charge in [-0.15, -0.1) is 0 Å². The average Bonchev–Trinajstić information content (AvgIpc) is 2.94. The van der Waals surface area contributed by atoms with Crippen LogP contribution in [0.1, 0.15) is 142 Å². The maximum absolute atomic E-state index is 12.3. The average molecular weight is 562 g/mol. The second kappa shape index (κ2) is 30.3. The van der Waals surface area contributed by atoms with E-state index in [1.54, 1.807) is 12.2 Å². The van der Waals surface area contributed by atoms with E-state index in [2.05, 4.69) is 43.5 Å². The van der Waals surface area contributed by atoms with Crippen LogP contribution in [0.25, 0.3) is 0 Å². The standard InChI is InChI=1S/C35H63NO4/c1-3-5-7-9-11-13-15-16-17-19-21-23-25-27-29-34(39)33(31-37)36-35(40)30-32(38)28-26-24-22-20-18-14-12-10-8-6-4-2/h19-22,26-29,32-34,37-39H,3-18,23-25,30-31H2,1-2H3,(H,36,40)/b21-19+,22-20-,28-26-,29-27+. The van der Waals surface area contributed by atoms with Crippen LogP contribution >= 0.6 is 0 Å². The van der Waals surface area contributed by atoms with Crippen molar-refractivity contribution in [3.05, 3.63) is 48.6 Å². The van der Waals surface area contributed by atoms with Gasteiger partial charge in [-0.3, -0.25) is 4.79 Å². The molecule has 40 heavy (non-hydrogen) atoms. The SMILES string of the molecule is CCCCCCCC/C=C\C/C=C\C(O)CC(=O)NC(CO)C(O)/C=C/CC/C=C/CCCCCCCCCC. The van der Waals surface area contributed by atoms with Gasteiger partial charge >= 0.3 is 0 Å². The Kier molecular flexibility index (Phi) is 29.0. The molecule has 0 aliphatic rings. The number of hydrogen-bond acceptors (Lipinski definition) is 4. The number of rotatable bonds is 28. The quantitative estimate of drug-likeness (QED) is 0.0572. The predicted octanol–water partition coefficient (Wildman–Crippen LogP) is 8.25. The highest BCUT2D eigenvalue weighted by Gasteiger charge is 2.19. The lowest BCUT2D eigenvalue weighted by molar-refractivity contribution is -0.124. The first-order chi connectivity index (χ1) is 19.5. The monoisotopic (exact) mass is 561 g/mol. The third kappa shape index (κ3) is 26.5. The number of amides is 1. The number of unbranched alkanes of at least 4 members (excludes halogenated alkanes) is 15. The van der Waals surface area contributed by atoms with Crippen molar-refractivity contribution in [2.24, 2.45) is 0 Å². The Morgan fingerprint density at radius 1 is 0.625 bits per heavy atom. The van der Waals surface area contributed by atoms with Gasteiger partial charge in [0.1, 0.15) is 0 Å². The minimum Gasteiger partial charge on any atom is -0.394 e. The van der Waals surface area contributed by atoms with Crippen molar-refractivity contribution in [2.75, 3.05) is 6.61 Å². The summed E-state index contributed by atoms with van der Waals surface area (Å²) in [6.07, 6.45) is 36.8. The fourth-order valence-corrected chi connectivity index (χ4v) is 4.53. The van der Waals surface area contributed by atoms with Crippen LogP contribution in [0, 0.1) is 0 Å². The van der Waals surface area contributed by atoms with Crippen LogP contribution in [0.4, 0.5) is 0 Å². The molecule has 1 amide bonds. The first-order valence-corrected chi connectivity index (χ1v) is 16.4. The van der Waals surface area contributed by atoms with Gasteiger partial charge < -0.3 is 20.6 Å². The highest BCUT2D eigenvalue weighted by atomic mass is 16.3. The molecule has 0 fully saturated rings. The van der Waals surface area contributed by atoms with E-state index >= 15 is 0 Å². The van der Waals surface area contributed by atoms with Crippen molar-refractivity contribution in [2.45, 2.75) is 161 Å². The number of carbonyl (C=O) groups excluding carboxylic acids is 1. The predicted molar refractivity (Wildman–Crippen MR) is 171 cm³/mol. The highest BCUT2D eigenvalue weighted by Crippen LogP contribution is 2.10. The zero-order chi connectivity index (χ0) is 29.5. The molecule has 5 nitrogen and oxygen atoms in total. The number of aliphatic hydroxyl groups excluding tert-OH is 3. The highest BCUT2D eigenvalue weighted by molar-refractivity contribution is 5.77. The van der Waals surface area contributed by atoms with Crippen molar-refractivity contribution >= 4 is 5.91 Å². The summed E-state index contributed by atoms with van der Waals surface area (Å²) in [5.74, 6) is -0.397. The minimum absolute atomic E-state index is 0.103. The molecule has 0 heterocycles. The Bertz CT molecular complexity index is 670. The van der Waals surface area contributed by atoms with E-state index in [0.29, 0.717) is 0 Å². The summed E-state index contributed by atoms with van der Waals surface area (Å²) in [5, 5.41) is 32.7. The Hall–Kier alpha value is -1.69. The van der Waals surface area contributed by atoms with Crippen LogP contribution in [0.5, 0.6) is 0 Å². The molecule has 3 atom stereocenters. The summed E-state index contributed by atoms with van der Waals surface area (Å²) in [6.45, 7) is 4.11. The fraction of sp³-hybridized carbons (Fsp3) is 0.743. The molecule has 0 aliphatic heterocycles. The van der Waals surface area contributed by atoms with Gasteiger partial charge in [0.25, 0.3) is 0 Å². The normalized spacial score (nSPS) is 14.6. The third-order valence-electron chi connectivity index (χ3n) is 7.10. The van der Waals surface area contributed by atoms with Gasteiger partial charge in [-0.1, -0.05) is 140 Å². The van der Waals surface area contributed by atoms with E-state index in [1.165, 1.54) is 89.9 Å². The van der Waals surface area contributed by atoms with Crippen LogP contribution < -0.4 is 5.32 Å². The lowest BCUT2D eigenvalue weighted by Gasteiger charge is -2.20. The first kappa shape index (κ1) is 38.3. The van der Waals surface area contributed by atoms with E-state index in [9.17, 15) is 20.1 Å². The van der Waals surface area contributed by atoms with Crippen molar-refractivity contribution in [3.8, 4) is 0 Å². The number of aliphatic hydroxyl groups is 3. The van der Waals surface area contributed by atoms with Gasteiger partial charge in [-0.05, 0) is 44.9 Å². The number of nitrogens with one attached hydrogen (secondary N) is 1. The largest absolute Gasteiger partial charge is 0.394 e. The number of allylic oxidation sites excluding steroid dienone is 6. The van der Waals surface area contributed by atoms with Gasteiger partial charge in [0.2, 0.25) is 5.91 Å². The summed E-state index contributed by atoms with van der Waals surface area (Å²) in [7, 11) is 0. The molecule has 0 saturated heterocycles. The molecule has 3 unspecified atom stereocenters. The summed E-state index contributed by atoms with van der Waals surface area (Å²) in [4.78, 5) is 12.3. The van der Waals surface area contributed by atoms with Crippen molar-refractivity contribution in [3.63, 3.8) is 0 Å². The molecule has 0 aromatic rings. The molecular formula is C35H63NO4. The number of carbonyl (C=O) groups is 1. The maximum atomic E-state index is 12.3. The zero-order valence-electron chi connectivity index (χ0n) is 25.9. The molecule has 0 bridgehead atoms. The topological polar surface area (TPSA) is 89.8 Å². The molecular weight excluding hydrogens is 498 g/mol. The summed E-state index contributed by atoms with van der Waals surface area (Å²) in [6, 6.07) is -0.789. The van der Waals surface area contributed by atoms with Crippen LogP contribution in [0.3, 0.4) is 0 Å². The Morgan fingerprint density at radius 2 is 1.12 bits per heavy atom. The molecule has 232 valence electrons. The van der Waals surface area contributed by atoms with E-state index < -0.39 is 24.2 Å². The smallest absolute Gasteiger partial charge is 0.223 e. The Balaban J connectivity index is 3.97. The summed E-state index contributed by atoms with van der Waals surface area (Å²) >= 11 is 0. The van der Waals surface area contributed by atoms with E-state index in [4.69, 9.17) is 0 Å². The molecule has 0 radical (unpaired) electrons. The molecule has 4 N–H and O–H groups in total.